The standard InChI is InChI=1S/C13H14O/c1-9(2)12-8-10(3)14-13-7-5-4-6-11(12)13/h4-9H,3H2,1-2H3. The van der Waals surface area contributed by atoms with Crippen molar-refractivity contribution in [1.29, 1.82) is 0 Å². The number of hydrogen-bond acceptors (Lipinski definition) is 1. The van der Waals surface area contributed by atoms with Crippen LogP contribution in [-0.4, -0.2) is 0 Å². The van der Waals surface area contributed by atoms with Crippen LogP contribution in [0.2, 0.25) is 0 Å². The van der Waals surface area contributed by atoms with Gasteiger partial charge in [0.2, 0.25) is 0 Å². The van der Waals surface area contributed by atoms with Gasteiger partial charge in [-0.25, -0.2) is 0 Å². The van der Waals surface area contributed by atoms with Gasteiger partial charge < -0.3 is 4.74 Å². The van der Waals surface area contributed by atoms with Crippen molar-refractivity contribution in [3.63, 3.8) is 0 Å². The first-order chi connectivity index (χ1) is 6.68. The number of ether oxygens (including phenoxy) is 1. The van der Waals surface area contributed by atoms with Crippen molar-refractivity contribution in [2.24, 2.45) is 5.92 Å². The second-order valence-electron chi connectivity index (χ2n) is 3.82. The maximum absolute atomic E-state index is 5.54. The lowest BCUT2D eigenvalue weighted by Crippen LogP contribution is -2.05. The Labute approximate surface area is 84.7 Å². The van der Waals surface area contributed by atoms with Crippen LogP contribution < -0.4 is 4.74 Å². The molecule has 0 spiro atoms. The third-order valence-electron chi connectivity index (χ3n) is 2.38. The SMILES string of the molecule is C=C1C=C(C(C)C)c2ccccc2O1. The zero-order valence-corrected chi connectivity index (χ0v) is 8.58. The molecule has 1 aliphatic rings. The Hall–Kier alpha value is -1.50. The van der Waals surface area contributed by atoms with E-state index in [1.165, 1.54) is 11.1 Å². The zero-order chi connectivity index (χ0) is 10.1. The summed E-state index contributed by atoms with van der Waals surface area (Å²) >= 11 is 0. The fourth-order valence-electron chi connectivity index (χ4n) is 1.69. The maximum Gasteiger partial charge on any atom is 0.134 e. The van der Waals surface area contributed by atoms with Crippen LogP contribution >= 0.6 is 0 Å². The Morgan fingerprint density at radius 2 is 1.93 bits per heavy atom. The Bertz CT molecular complexity index is 399. The molecule has 0 saturated heterocycles. The Morgan fingerprint density at radius 3 is 2.64 bits per heavy atom. The average Bonchev–Trinajstić information content (AvgIpc) is 2.16. The highest BCUT2D eigenvalue weighted by atomic mass is 16.5. The molecule has 0 unspecified atom stereocenters. The molecule has 1 heteroatoms. The van der Waals surface area contributed by atoms with Gasteiger partial charge in [-0.15, -0.1) is 0 Å². The molecule has 2 rings (SSSR count). The Kier molecular flexibility index (Phi) is 2.16. The van der Waals surface area contributed by atoms with Gasteiger partial charge in [-0.3, -0.25) is 0 Å². The number of fused-ring (bicyclic) bond motifs is 1. The molecule has 1 aromatic rings. The van der Waals surface area contributed by atoms with Gasteiger partial charge in [0.15, 0.2) is 0 Å². The van der Waals surface area contributed by atoms with E-state index in [4.69, 9.17) is 4.74 Å². The summed E-state index contributed by atoms with van der Waals surface area (Å²) in [6.45, 7) is 8.21. The summed E-state index contributed by atoms with van der Waals surface area (Å²) in [5.74, 6) is 2.15. The van der Waals surface area contributed by atoms with Crippen molar-refractivity contribution in [3.8, 4) is 5.75 Å². The smallest absolute Gasteiger partial charge is 0.134 e. The minimum atomic E-state index is 0.497. The average molecular weight is 186 g/mol. The Balaban J connectivity index is 2.55. The lowest BCUT2D eigenvalue weighted by atomic mass is 9.92. The summed E-state index contributed by atoms with van der Waals surface area (Å²) in [4.78, 5) is 0. The van der Waals surface area contributed by atoms with Gasteiger partial charge in [-0.2, -0.15) is 0 Å². The van der Waals surface area contributed by atoms with Crippen molar-refractivity contribution in [2.45, 2.75) is 13.8 Å². The molecule has 1 nitrogen and oxygen atoms in total. The minimum Gasteiger partial charge on any atom is -0.457 e. The summed E-state index contributed by atoms with van der Waals surface area (Å²) < 4.78 is 5.54. The van der Waals surface area contributed by atoms with Gasteiger partial charge in [-0.05, 0) is 23.6 Å². The molecule has 72 valence electrons. The molecular weight excluding hydrogens is 172 g/mol. The van der Waals surface area contributed by atoms with Crippen LogP contribution in [0.5, 0.6) is 5.75 Å². The first-order valence-corrected chi connectivity index (χ1v) is 4.86. The molecule has 0 bridgehead atoms. The van der Waals surface area contributed by atoms with Crippen LogP contribution in [0.1, 0.15) is 19.4 Å². The van der Waals surface area contributed by atoms with Crippen LogP contribution in [0.3, 0.4) is 0 Å². The van der Waals surface area contributed by atoms with E-state index in [1.807, 2.05) is 24.3 Å². The summed E-state index contributed by atoms with van der Waals surface area (Å²) in [6.07, 6.45) is 2.02. The van der Waals surface area contributed by atoms with Crippen molar-refractivity contribution in [2.75, 3.05) is 0 Å². The summed E-state index contributed by atoms with van der Waals surface area (Å²) in [5, 5.41) is 0. The van der Waals surface area contributed by atoms with Gasteiger partial charge in [0.1, 0.15) is 11.5 Å². The van der Waals surface area contributed by atoms with E-state index in [9.17, 15) is 0 Å². The second kappa shape index (κ2) is 3.33. The number of hydrogen-bond donors (Lipinski definition) is 0. The molecule has 0 radical (unpaired) electrons. The lowest BCUT2D eigenvalue weighted by molar-refractivity contribution is 0.439. The zero-order valence-electron chi connectivity index (χ0n) is 8.58. The molecule has 0 atom stereocenters. The fraction of sp³-hybridized carbons (Fsp3) is 0.231. The number of benzene rings is 1. The molecule has 0 saturated carbocycles. The lowest BCUT2D eigenvalue weighted by Gasteiger charge is -2.21. The van der Waals surface area contributed by atoms with E-state index in [2.05, 4.69) is 26.5 Å². The second-order valence-corrected chi connectivity index (χ2v) is 3.82. The van der Waals surface area contributed by atoms with Crippen molar-refractivity contribution in [3.05, 3.63) is 48.2 Å². The number of rotatable bonds is 1. The molecule has 1 heterocycles. The van der Waals surface area contributed by atoms with E-state index in [-0.39, 0.29) is 0 Å². The van der Waals surface area contributed by atoms with Crippen molar-refractivity contribution < 1.29 is 4.74 Å². The Morgan fingerprint density at radius 1 is 1.21 bits per heavy atom. The van der Waals surface area contributed by atoms with Crippen LogP contribution in [0.15, 0.2) is 42.7 Å². The molecule has 0 N–H and O–H groups in total. The van der Waals surface area contributed by atoms with Crippen LogP contribution in [0, 0.1) is 5.92 Å². The topological polar surface area (TPSA) is 9.23 Å². The van der Waals surface area contributed by atoms with Gasteiger partial charge in [-0.1, -0.05) is 38.6 Å². The highest BCUT2D eigenvalue weighted by molar-refractivity contribution is 5.75. The summed E-state index contributed by atoms with van der Waals surface area (Å²) in [7, 11) is 0. The monoisotopic (exact) mass is 186 g/mol. The largest absolute Gasteiger partial charge is 0.457 e. The normalized spacial score (nSPS) is 14.8. The van der Waals surface area contributed by atoms with Crippen molar-refractivity contribution >= 4 is 5.57 Å². The summed E-state index contributed by atoms with van der Waals surface area (Å²) in [5.41, 5.74) is 2.49. The molecule has 1 aliphatic heterocycles. The van der Waals surface area contributed by atoms with E-state index in [0.717, 1.165) is 11.5 Å². The summed E-state index contributed by atoms with van der Waals surface area (Å²) in [6, 6.07) is 8.09. The maximum atomic E-state index is 5.54. The van der Waals surface area contributed by atoms with Crippen molar-refractivity contribution in [1.82, 2.24) is 0 Å². The van der Waals surface area contributed by atoms with Gasteiger partial charge >= 0.3 is 0 Å². The molecule has 0 aromatic heterocycles. The first kappa shape index (κ1) is 9.07. The molecule has 0 amide bonds. The number of allylic oxidation sites excluding steroid dienone is 2. The predicted molar refractivity (Wildman–Crippen MR) is 59.0 cm³/mol. The molecule has 0 fully saturated rings. The number of para-hydroxylation sites is 1. The highest BCUT2D eigenvalue weighted by Gasteiger charge is 2.17. The van der Waals surface area contributed by atoms with Crippen LogP contribution in [-0.2, 0) is 0 Å². The highest BCUT2D eigenvalue weighted by Crippen LogP contribution is 2.36. The first-order valence-electron chi connectivity index (χ1n) is 4.86. The van der Waals surface area contributed by atoms with Gasteiger partial charge in [0.25, 0.3) is 0 Å². The minimum absolute atomic E-state index is 0.497. The molecule has 14 heavy (non-hydrogen) atoms. The third-order valence-corrected chi connectivity index (χ3v) is 2.38. The van der Waals surface area contributed by atoms with E-state index >= 15 is 0 Å². The third kappa shape index (κ3) is 1.46. The van der Waals surface area contributed by atoms with E-state index < -0.39 is 0 Å². The fourth-order valence-corrected chi connectivity index (χ4v) is 1.69. The molecular formula is C13H14O. The van der Waals surface area contributed by atoms with Gasteiger partial charge in [0.05, 0.1) is 0 Å². The van der Waals surface area contributed by atoms with Crippen LogP contribution in [0.4, 0.5) is 0 Å². The van der Waals surface area contributed by atoms with Crippen LogP contribution in [0.25, 0.3) is 5.57 Å². The quantitative estimate of drug-likeness (QED) is 0.650. The van der Waals surface area contributed by atoms with E-state index in [1.54, 1.807) is 0 Å². The van der Waals surface area contributed by atoms with Gasteiger partial charge in [0, 0.05) is 5.56 Å². The molecule has 1 aromatic carbocycles. The predicted octanol–water partition coefficient (Wildman–Crippen LogP) is 3.63. The molecule has 0 aliphatic carbocycles. The van der Waals surface area contributed by atoms with E-state index in [0.29, 0.717) is 5.92 Å².